The molecule has 0 spiro atoms. The third kappa shape index (κ3) is 3.70. The van der Waals surface area contributed by atoms with Crippen molar-refractivity contribution in [2.75, 3.05) is 18.1 Å². The largest absolute Gasteiger partial charge is 0.319 e. The van der Waals surface area contributed by atoms with E-state index < -0.39 is 22.0 Å². The predicted octanol–water partition coefficient (Wildman–Crippen LogP) is 1.24. The Morgan fingerprint density at radius 3 is 2.48 bits per heavy atom. The molecule has 2 heterocycles. The van der Waals surface area contributed by atoms with Crippen molar-refractivity contribution in [3.63, 3.8) is 0 Å². The van der Waals surface area contributed by atoms with Crippen molar-refractivity contribution >= 4 is 21.6 Å². The van der Waals surface area contributed by atoms with Crippen molar-refractivity contribution in [2.24, 2.45) is 7.05 Å². The normalized spacial score (nSPS) is 18.4. The lowest BCUT2D eigenvalue weighted by Gasteiger charge is -2.32. The lowest BCUT2D eigenvalue weighted by atomic mass is 10.0. The summed E-state index contributed by atoms with van der Waals surface area (Å²) >= 11 is 0. The van der Waals surface area contributed by atoms with Crippen LogP contribution in [-0.2, 0) is 21.9 Å². The van der Waals surface area contributed by atoms with E-state index in [-0.39, 0.29) is 11.2 Å². The fourth-order valence-corrected chi connectivity index (χ4v) is 4.61. The van der Waals surface area contributed by atoms with Gasteiger partial charge in [-0.05, 0) is 31.9 Å². The third-order valence-corrected chi connectivity index (χ3v) is 6.27. The van der Waals surface area contributed by atoms with Gasteiger partial charge < -0.3 is 5.32 Å². The third-order valence-electron chi connectivity index (χ3n) is 4.98. The highest BCUT2D eigenvalue weighted by atomic mass is 32.2. The maximum Gasteiger partial charge on any atom is 0.295 e. The van der Waals surface area contributed by atoms with E-state index in [1.54, 1.807) is 30.8 Å². The molecular formula is C18H24N4O4S. The monoisotopic (exact) mass is 392 g/mol. The van der Waals surface area contributed by atoms with E-state index in [4.69, 9.17) is 0 Å². The van der Waals surface area contributed by atoms with Gasteiger partial charge in [0.1, 0.15) is 11.7 Å². The van der Waals surface area contributed by atoms with Crippen LogP contribution in [0.5, 0.6) is 0 Å². The number of rotatable bonds is 4. The number of para-hydroxylation sites is 1. The Balaban J connectivity index is 1.94. The number of carbonyl (C=O) groups excluding carboxylic acids is 1. The van der Waals surface area contributed by atoms with Crippen molar-refractivity contribution in [3.8, 4) is 5.69 Å². The molecule has 0 saturated carbocycles. The van der Waals surface area contributed by atoms with Crippen molar-refractivity contribution in [1.29, 1.82) is 0 Å². The maximum atomic E-state index is 12.9. The summed E-state index contributed by atoms with van der Waals surface area (Å²) in [6.07, 6.45) is 3.04. The molecule has 3 rings (SSSR count). The van der Waals surface area contributed by atoms with Crippen LogP contribution in [0.1, 0.15) is 25.0 Å². The molecule has 1 aromatic carbocycles. The van der Waals surface area contributed by atoms with Crippen LogP contribution >= 0.6 is 0 Å². The van der Waals surface area contributed by atoms with Crippen LogP contribution in [0.3, 0.4) is 0 Å². The van der Waals surface area contributed by atoms with Gasteiger partial charge in [0.15, 0.2) is 0 Å². The molecule has 1 aliphatic rings. The molecule has 1 unspecified atom stereocenters. The zero-order valence-corrected chi connectivity index (χ0v) is 16.5. The van der Waals surface area contributed by atoms with E-state index in [0.29, 0.717) is 24.3 Å². The van der Waals surface area contributed by atoms with Gasteiger partial charge in [-0.15, -0.1) is 0 Å². The van der Waals surface area contributed by atoms with E-state index in [2.05, 4.69) is 5.32 Å². The molecule has 1 aromatic heterocycles. The van der Waals surface area contributed by atoms with E-state index in [9.17, 15) is 18.0 Å². The predicted molar refractivity (Wildman–Crippen MR) is 104 cm³/mol. The van der Waals surface area contributed by atoms with Gasteiger partial charge >= 0.3 is 0 Å². The van der Waals surface area contributed by atoms with Gasteiger partial charge in [-0.2, -0.15) is 4.31 Å². The van der Waals surface area contributed by atoms with E-state index >= 15 is 0 Å². The number of piperidine rings is 1. The van der Waals surface area contributed by atoms with Gasteiger partial charge in [0.25, 0.3) is 5.56 Å². The SMILES string of the molecule is Cc1c(NC(=O)C2CCCCN2S(C)(=O)=O)c(=O)n(-c2ccccc2)n1C. The van der Waals surface area contributed by atoms with Crippen molar-refractivity contribution < 1.29 is 13.2 Å². The number of hydrogen-bond donors (Lipinski definition) is 1. The molecule has 1 fully saturated rings. The number of amides is 1. The molecule has 1 aliphatic heterocycles. The second-order valence-corrected chi connectivity index (χ2v) is 8.75. The lowest BCUT2D eigenvalue weighted by molar-refractivity contribution is -0.120. The van der Waals surface area contributed by atoms with Gasteiger partial charge in [-0.1, -0.05) is 24.6 Å². The number of carbonyl (C=O) groups is 1. The fraction of sp³-hybridized carbons (Fsp3) is 0.444. The topological polar surface area (TPSA) is 93.4 Å². The second kappa shape index (κ2) is 7.32. The molecule has 0 aliphatic carbocycles. The van der Waals surface area contributed by atoms with Crippen molar-refractivity contribution in [1.82, 2.24) is 13.7 Å². The average molecular weight is 392 g/mol. The quantitative estimate of drug-likeness (QED) is 0.847. The number of nitrogens with one attached hydrogen (secondary N) is 1. The summed E-state index contributed by atoms with van der Waals surface area (Å²) in [5.74, 6) is -0.467. The van der Waals surface area contributed by atoms with Gasteiger partial charge in [-0.25, -0.2) is 13.1 Å². The molecular weight excluding hydrogens is 368 g/mol. The first-order chi connectivity index (χ1) is 12.7. The summed E-state index contributed by atoms with van der Waals surface area (Å²) in [5.41, 5.74) is 1.10. The van der Waals surface area contributed by atoms with Crippen LogP contribution in [0, 0.1) is 6.92 Å². The fourth-order valence-electron chi connectivity index (χ4n) is 3.48. The van der Waals surface area contributed by atoms with Crippen LogP contribution in [0.2, 0.25) is 0 Å². The number of anilines is 1. The molecule has 1 atom stereocenters. The standard InChI is InChI=1S/C18H24N4O4S/c1-13-16(18(24)22(20(13)2)14-9-5-4-6-10-14)19-17(23)15-11-7-8-12-21(15)27(3,25)26/h4-6,9-10,15H,7-8,11-12H2,1-3H3,(H,19,23). The van der Waals surface area contributed by atoms with E-state index in [0.717, 1.165) is 19.1 Å². The molecule has 146 valence electrons. The first-order valence-corrected chi connectivity index (χ1v) is 10.7. The summed E-state index contributed by atoms with van der Waals surface area (Å²) < 4.78 is 28.4. The average Bonchev–Trinajstić information content (AvgIpc) is 2.85. The van der Waals surface area contributed by atoms with Gasteiger partial charge in [-0.3, -0.25) is 14.3 Å². The van der Waals surface area contributed by atoms with Crippen molar-refractivity contribution in [3.05, 3.63) is 46.4 Å². The van der Waals surface area contributed by atoms with Crippen LogP contribution < -0.4 is 10.9 Å². The van der Waals surface area contributed by atoms with Gasteiger partial charge in [0.2, 0.25) is 15.9 Å². The zero-order valence-electron chi connectivity index (χ0n) is 15.7. The Bertz CT molecular complexity index is 1010. The minimum atomic E-state index is -3.49. The van der Waals surface area contributed by atoms with Crippen molar-refractivity contribution in [2.45, 2.75) is 32.2 Å². The molecule has 1 saturated heterocycles. The second-order valence-electron chi connectivity index (χ2n) is 6.81. The Kier molecular flexibility index (Phi) is 5.25. The summed E-state index contributed by atoms with van der Waals surface area (Å²) in [4.78, 5) is 25.7. The summed E-state index contributed by atoms with van der Waals surface area (Å²) in [5, 5.41) is 2.68. The Morgan fingerprint density at radius 2 is 1.85 bits per heavy atom. The maximum absolute atomic E-state index is 12.9. The van der Waals surface area contributed by atoms with E-state index in [1.165, 1.54) is 8.99 Å². The number of nitrogens with zero attached hydrogens (tertiary/aromatic N) is 3. The molecule has 2 aromatic rings. The van der Waals surface area contributed by atoms with Crippen LogP contribution in [0.4, 0.5) is 5.69 Å². The summed E-state index contributed by atoms with van der Waals surface area (Å²) in [6, 6.07) is 8.33. The number of sulfonamides is 1. The molecule has 27 heavy (non-hydrogen) atoms. The summed E-state index contributed by atoms with van der Waals surface area (Å²) in [6.45, 7) is 2.06. The molecule has 8 nitrogen and oxygen atoms in total. The highest BCUT2D eigenvalue weighted by Gasteiger charge is 2.35. The number of benzene rings is 1. The minimum absolute atomic E-state index is 0.172. The first kappa shape index (κ1) is 19.4. The van der Waals surface area contributed by atoms with Gasteiger partial charge in [0, 0.05) is 13.6 Å². The minimum Gasteiger partial charge on any atom is -0.319 e. The van der Waals surface area contributed by atoms with E-state index in [1.807, 2.05) is 18.2 Å². The summed E-state index contributed by atoms with van der Waals surface area (Å²) in [7, 11) is -1.76. The smallest absolute Gasteiger partial charge is 0.295 e. The number of hydrogen-bond acceptors (Lipinski definition) is 4. The first-order valence-electron chi connectivity index (χ1n) is 8.83. The lowest BCUT2D eigenvalue weighted by Crippen LogP contribution is -2.49. The van der Waals surface area contributed by atoms with Crippen LogP contribution in [0.25, 0.3) is 5.69 Å². The molecule has 0 bridgehead atoms. The van der Waals surface area contributed by atoms with Crippen LogP contribution in [-0.4, -0.2) is 46.8 Å². The van der Waals surface area contributed by atoms with Crippen LogP contribution in [0.15, 0.2) is 35.1 Å². The van der Waals surface area contributed by atoms with Gasteiger partial charge in [0.05, 0.1) is 17.6 Å². The molecule has 1 amide bonds. The molecule has 9 heteroatoms. The Labute approximate surface area is 158 Å². The molecule has 0 radical (unpaired) electrons. The molecule has 1 N–H and O–H groups in total. The highest BCUT2D eigenvalue weighted by molar-refractivity contribution is 7.88. The zero-order chi connectivity index (χ0) is 19.8. The highest BCUT2D eigenvalue weighted by Crippen LogP contribution is 2.22. The Morgan fingerprint density at radius 1 is 1.19 bits per heavy atom. The number of aromatic nitrogens is 2. The Hall–Kier alpha value is -2.39.